The molecule has 0 bridgehead atoms. The molecular formula is C15H18N4S. The van der Waals surface area contributed by atoms with E-state index in [2.05, 4.69) is 27.4 Å². The number of pyridine rings is 1. The van der Waals surface area contributed by atoms with Gasteiger partial charge < -0.3 is 5.73 Å². The van der Waals surface area contributed by atoms with Gasteiger partial charge in [0.1, 0.15) is 11.5 Å². The highest BCUT2D eigenvalue weighted by Gasteiger charge is 2.29. The molecule has 0 aromatic carbocycles. The lowest BCUT2D eigenvalue weighted by molar-refractivity contribution is 0.248. The van der Waals surface area contributed by atoms with E-state index in [-0.39, 0.29) is 5.84 Å². The molecule has 0 radical (unpaired) electrons. The van der Waals surface area contributed by atoms with Crippen LogP contribution in [0.1, 0.15) is 29.0 Å². The monoisotopic (exact) mass is 286 g/mol. The van der Waals surface area contributed by atoms with Crippen LogP contribution in [0.4, 0.5) is 0 Å². The molecule has 0 amide bonds. The third-order valence-electron chi connectivity index (χ3n) is 3.49. The summed E-state index contributed by atoms with van der Waals surface area (Å²) < 4.78 is 0. The van der Waals surface area contributed by atoms with Gasteiger partial charge in [-0.1, -0.05) is 6.07 Å². The zero-order valence-electron chi connectivity index (χ0n) is 11.2. The number of nitrogens with two attached hydrogens (primary N) is 1. The second-order valence-electron chi connectivity index (χ2n) is 5.18. The van der Waals surface area contributed by atoms with Gasteiger partial charge in [-0.05, 0) is 42.0 Å². The maximum absolute atomic E-state index is 7.47. The molecule has 4 nitrogen and oxygen atoms in total. The highest BCUT2D eigenvalue weighted by atomic mass is 32.1. The van der Waals surface area contributed by atoms with Crippen molar-refractivity contribution in [2.24, 2.45) is 5.73 Å². The molecule has 0 spiro atoms. The average molecular weight is 286 g/mol. The van der Waals surface area contributed by atoms with Crippen LogP contribution in [0.25, 0.3) is 0 Å². The number of hydrogen-bond donors (Lipinski definition) is 2. The molecule has 3 rings (SSSR count). The van der Waals surface area contributed by atoms with E-state index < -0.39 is 0 Å². The van der Waals surface area contributed by atoms with Gasteiger partial charge in [-0.2, -0.15) is 0 Å². The summed E-state index contributed by atoms with van der Waals surface area (Å²) in [5.74, 6) is 0.0306. The predicted octanol–water partition coefficient (Wildman–Crippen LogP) is 2.59. The normalized spacial score (nSPS) is 14.7. The fourth-order valence-corrected chi connectivity index (χ4v) is 3.04. The number of nitrogens with zero attached hydrogens (tertiary/aromatic N) is 2. The van der Waals surface area contributed by atoms with Gasteiger partial charge in [-0.25, -0.2) is 0 Å². The average Bonchev–Trinajstić information content (AvgIpc) is 3.17. The number of hydrogen-bond acceptors (Lipinski definition) is 4. The SMILES string of the molecule is N=C(N)c1cc(CN(Cc2cccs2)C2CC2)ccn1. The van der Waals surface area contributed by atoms with Gasteiger partial charge in [0.25, 0.3) is 0 Å². The lowest BCUT2D eigenvalue weighted by Crippen LogP contribution is -2.25. The highest BCUT2D eigenvalue weighted by Crippen LogP contribution is 2.30. The van der Waals surface area contributed by atoms with Crippen LogP contribution in [0, 0.1) is 5.41 Å². The third kappa shape index (κ3) is 3.23. The van der Waals surface area contributed by atoms with Gasteiger partial charge in [-0.3, -0.25) is 15.3 Å². The van der Waals surface area contributed by atoms with Crippen LogP contribution in [0.15, 0.2) is 35.8 Å². The summed E-state index contributed by atoms with van der Waals surface area (Å²) in [5, 5.41) is 9.60. The maximum atomic E-state index is 7.47. The van der Waals surface area contributed by atoms with Crippen molar-refractivity contribution in [1.29, 1.82) is 5.41 Å². The van der Waals surface area contributed by atoms with Crippen LogP contribution in [-0.2, 0) is 13.1 Å². The Morgan fingerprint density at radius 3 is 2.90 bits per heavy atom. The summed E-state index contributed by atoms with van der Waals surface area (Å²) in [6.07, 6.45) is 4.31. The molecule has 20 heavy (non-hydrogen) atoms. The first-order valence-electron chi connectivity index (χ1n) is 6.78. The summed E-state index contributed by atoms with van der Waals surface area (Å²) in [6.45, 7) is 1.89. The minimum atomic E-state index is 0.0306. The Hall–Kier alpha value is -1.72. The smallest absolute Gasteiger partial charge is 0.141 e. The lowest BCUT2D eigenvalue weighted by atomic mass is 10.2. The standard InChI is InChI=1S/C15H18N4S/c16-15(17)14-8-11(5-6-18-14)9-19(12-3-4-12)10-13-2-1-7-20-13/h1-2,5-8,12H,3-4,9-10H2,(H3,16,17). The number of nitrogens with one attached hydrogen (secondary N) is 1. The zero-order chi connectivity index (χ0) is 13.9. The summed E-state index contributed by atoms with van der Waals surface area (Å²) in [7, 11) is 0. The van der Waals surface area contributed by atoms with Crippen LogP contribution >= 0.6 is 11.3 Å². The molecule has 1 saturated carbocycles. The molecular weight excluding hydrogens is 268 g/mol. The first kappa shape index (κ1) is 13.3. The Morgan fingerprint density at radius 1 is 1.40 bits per heavy atom. The molecule has 0 saturated heterocycles. The molecule has 1 fully saturated rings. The van der Waals surface area contributed by atoms with Crippen molar-refractivity contribution < 1.29 is 0 Å². The second-order valence-corrected chi connectivity index (χ2v) is 6.21. The van der Waals surface area contributed by atoms with E-state index >= 15 is 0 Å². The van der Waals surface area contributed by atoms with E-state index in [0.717, 1.165) is 13.1 Å². The van der Waals surface area contributed by atoms with Gasteiger partial charge >= 0.3 is 0 Å². The van der Waals surface area contributed by atoms with Crippen molar-refractivity contribution >= 4 is 17.2 Å². The van der Waals surface area contributed by atoms with E-state index in [1.807, 2.05) is 12.1 Å². The second kappa shape index (κ2) is 5.73. The Kier molecular flexibility index (Phi) is 3.80. The van der Waals surface area contributed by atoms with Crippen molar-refractivity contribution in [2.45, 2.75) is 32.0 Å². The van der Waals surface area contributed by atoms with Gasteiger partial charge in [-0.15, -0.1) is 11.3 Å². The molecule has 5 heteroatoms. The molecule has 2 aromatic rings. The van der Waals surface area contributed by atoms with Crippen LogP contribution in [0.2, 0.25) is 0 Å². The molecule has 2 aromatic heterocycles. The third-order valence-corrected chi connectivity index (χ3v) is 4.35. The van der Waals surface area contributed by atoms with E-state index in [0.29, 0.717) is 11.7 Å². The fourth-order valence-electron chi connectivity index (χ4n) is 2.31. The summed E-state index contributed by atoms with van der Waals surface area (Å²) >= 11 is 1.81. The van der Waals surface area contributed by atoms with Crippen molar-refractivity contribution in [2.75, 3.05) is 0 Å². The number of aromatic nitrogens is 1. The Labute approximate surface area is 122 Å². The van der Waals surface area contributed by atoms with Gasteiger partial charge in [0.2, 0.25) is 0 Å². The minimum Gasteiger partial charge on any atom is -0.382 e. The van der Waals surface area contributed by atoms with E-state index in [1.165, 1.54) is 23.3 Å². The molecule has 1 aliphatic rings. The maximum Gasteiger partial charge on any atom is 0.141 e. The van der Waals surface area contributed by atoms with Crippen LogP contribution in [-0.4, -0.2) is 21.8 Å². The molecule has 0 aliphatic heterocycles. The van der Waals surface area contributed by atoms with E-state index in [1.54, 1.807) is 17.5 Å². The van der Waals surface area contributed by atoms with Crippen molar-refractivity contribution in [1.82, 2.24) is 9.88 Å². The molecule has 0 unspecified atom stereocenters. The topological polar surface area (TPSA) is 66.0 Å². The number of nitrogen functional groups attached to an aromatic ring is 1. The fraction of sp³-hybridized carbons (Fsp3) is 0.333. The van der Waals surface area contributed by atoms with Gasteiger partial charge in [0.15, 0.2) is 0 Å². The quantitative estimate of drug-likeness (QED) is 0.633. The van der Waals surface area contributed by atoms with Crippen molar-refractivity contribution in [3.8, 4) is 0 Å². The lowest BCUT2D eigenvalue weighted by Gasteiger charge is -2.21. The van der Waals surface area contributed by atoms with Crippen LogP contribution in [0.5, 0.6) is 0 Å². The molecule has 3 N–H and O–H groups in total. The predicted molar refractivity (Wildman–Crippen MR) is 81.8 cm³/mol. The summed E-state index contributed by atoms with van der Waals surface area (Å²) in [4.78, 5) is 8.02. The Balaban J connectivity index is 1.73. The zero-order valence-corrected chi connectivity index (χ0v) is 12.1. The van der Waals surface area contributed by atoms with Crippen LogP contribution < -0.4 is 5.73 Å². The molecule has 2 heterocycles. The number of amidine groups is 1. The van der Waals surface area contributed by atoms with Crippen LogP contribution in [0.3, 0.4) is 0 Å². The number of rotatable bonds is 6. The Morgan fingerprint density at radius 2 is 2.25 bits per heavy atom. The summed E-state index contributed by atoms with van der Waals surface area (Å²) in [5.41, 5.74) is 7.24. The first-order valence-corrected chi connectivity index (χ1v) is 7.66. The molecule has 1 aliphatic carbocycles. The largest absolute Gasteiger partial charge is 0.382 e. The molecule has 104 valence electrons. The molecule has 0 atom stereocenters. The summed E-state index contributed by atoms with van der Waals surface area (Å²) in [6, 6.07) is 8.92. The first-order chi connectivity index (χ1) is 9.72. The highest BCUT2D eigenvalue weighted by molar-refractivity contribution is 7.09. The van der Waals surface area contributed by atoms with Gasteiger partial charge in [0.05, 0.1) is 0 Å². The van der Waals surface area contributed by atoms with Crippen molar-refractivity contribution in [3.05, 3.63) is 52.0 Å². The number of thiophene rings is 1. The van der Waals surface area contributed by atoms with Gasteiger partial charge in [0, 0.05) is 30.2 Å². The van der Waals surface area contributed by atoms with E-state index in [9.17, 15) is 0 Å². The van der Waals surface area contributed by atoms with Crippen molar-refractivity contribution in [3.63, 3.8) is 0 Å². The van der Waals surface area contributed by atoms with E-state index in [4.69, 9.17) is 11.1 Å². The minimum absolute atomic E-state index is 0.0306. The Bertz CT molecular complexity index is 590.